The Kier molecular flexibility index (Phi) is 5.17. The van der Waals surface area contributed by atoms with Crippen molar-refractivity contribution in [3.05, 3.63) is 10.0 Å². The number of methoxy groups -OCH3 is 1. The highest BCUT2D eigenvalue weighted by molar-refractivity contribution is 7.18. The van der Waals surface area contributed by atoms with Crippen LogP contribution in [0.15, 0.2) is 0 Å². The van der Waals surface area contributed by atoms with Crippen LogP contribution < -0.4 is 4.90 Å². The molecule has 0 aliphatic carbocycles. The van der Waals surface area contributed by atoms with Crippen LogP contribution in [0.4, 0.5) is 5.13 Å². The number of hydrogen-bond donors (Lipinski definition) is 0. The number of likely N-dealkylation sites (N-methyl/N-ethyl adjacent to an activating group) is 2. The van der Waals surface area contributed by atoms with Crippen molar-refractivity contribution in [1.29, 1.82) is 0 Å². The molecule has 0 unspecified atom stereocenters. The smallest absolute Gasteiger partial charge is 0.351 e. The van der Waals surface area contributed by atoms with Gasteiger partial charge in [-0.25, -0.2) is 9.78 Å². The van der Waals surface area contributed by atoms with Crippen molar-refractivity contribution >= 4 is 34.0 Å². The molecule has 1 aromatic rings. The van der Waals surface area contributed by atoms with Gasteiger partial charge in [-0.05, 0) is 14.1 Å². The van der Waals surface area contributed by atoms with Gasteiger partial charge in [0, 0.05) is 20.1 Å². The molecular formula is C10H16ClN3O2S. The Morgan fingerprint density at radius 3 is 2.59 bits per heavy atom. The van der Waals surface area contributed by atoms with Crippen LogP contribution in [0.5, 0.6) is 0 Å². The zero-order valence-corrected chi connectivity index (χ0v) is 11.9. The Labute approximate surface area is 110 Å². The van der Waals surface area contributed by atoms with Crippen LogP contribution in [0.2, 0.25) is 5.15 Å². The SMILES string of the molecule is COC(=O)c1sc(N(C)CCN(C)C)nc1Cl. The van der Waals surface area contributed by atoms with Gasteiger partial charge in [0.05, 0.1) is 7.11 Å². The fraction of sp³-hybridized carbons (Fsp3) is 0.600. The van der Waals surface area contributed by atoms with Crippen LogP contribution >= 0.6 is 22.9 Å². The molecule has 1 aromatic heterocycles. The number of esters is 1. The third-order valence-electron chi connectivity index (χ3n) is 2.15. The van der Waals surface area contributed by atoms with E-state index in [-0.39, 0.29) is 5.15 Å². The maximum Gasteiger partial charge on any atom is 0.351 e. The minimum atomic E-state index is -0.445. The molecule has 17 heavy (non-hydrogen) atoms. The first kappa shape index (κ1) is 14.2. The lowest BCUT2D eigenvalue weighted by atomic mass is 10.5. The van der Waals surface area contributed by atoms with E-state index < -0.39 is 5.97 Å². The van der Waals surface area contributed by atoms with Gasteiger partial charge in [-0.2, -0.15) is 0 Å². The summed E-state index contributed by atoms with van der Waals surface area (Å²) in [6.07, 6.45) is 0. The van der Waals surface area contributed by atoms with Crippen LogP contribution in [0.3, 0.4) is 0 Å². The van der Waals surface area contributed by atoms with Gasteiger partial charge in [-0.1, -0.05) is 22.9 Å². The van der Waals surface area contributed by atoms with Crippen LogP contribution in [-0.4, -0.2) is 57.2 Å². The normalized spacial score (nSPS) is 10.7. The summed E-state index contributed by atoms with van der Waals surface area (Å²) in [7, 11) is 7.25. The second-order valence-electron chi connectivity index (χ2n) is 3.83. The summed E-state index contributed by atoms with van der Waals surface area (Å²) in [6.45, 7) is 1.72. The Balaban J connectivity index is 2.75. The highest BCUT2D eigenvalue weighted by atomic mass is 35.5. The zero-order valence-electron chi connectivity index (χ0n) is 10.4. The standard InChI is InChI=1S/C10H16ClN3O2S/c1-13(2)5-6-14(3)10-12-8(11)7(17-10)9(15)16-4/h5-6H2,1-4H3. The number of anilines is 1. The first-order chi connectivity index (χ1) is 7.95. The zero-order chi connectivity index (χ0) is 13.0. The van der Waals surface area contributed by atoms with Crippen molar-refractivity contribution in [3.8, 4) is 0 Å². The van der Waals surface area contributed by atoms with Crippen LogP contribution in [0.1, 0.15) is 9.67 Å². The van der Waals surface area contributed by atoms with Crippen molar-refractivity contribution in [2.45, 2.75) is 0 Å². The van der Waals surface area contributed by atoms with Gasteiger partial charge >= 0.3 is 5.97 Å². The molecular weight excluding hydrogens is 262 g/mol. The molecule has 0 atom stereocenters. The van der Waals surface area contributed by atoms with Gasteiger partial charge in [0.2, 0.25) is 0 Å². The van der Waals surface area contributed by atoms with Gasteiger partial charge in [-0.3, -0.25) is 0 Å². The van der Waals surface area contributed by atoms with Crippen molar-refractivity contribution in [2.24, 2.45) is 0 Å². The van der Waals surface area contributed by atoms with Crippen LogP contribution in [0, 0.1) is 0 Å². The van der Waals surface area contributed by atoms with Crippen molar-refractivity contribution in [3.63, 3.8) is 0 Å². The molecule has 0 saturated heterocycles. The first-order valence-electron chi connectivity index (χ1n) is 5.06. The molecule has 0 bridgehead atoms. The third kappa shape index (κ3) is 3.83. The molecule has 0 radical (unpaired) electrons. The van der Waals surface area contributed by atoms with E-state index >= 15 is 0 Å². The summed E-state index contributed by atoms with van der Waals surface area (Å²) >= 11 is 7.13. The molecule has 0 amide bonds. The van der Waals surface area contributed by atoms with Crippen LogP contribution in [0.25, 0.3) is 0 Å². The second-order valence-corrected chi connectivity index (χ2v) is 5.17. The predicted molar refractivity (Wildman–Crippen MR) is 70.3 cm³/mol. The first-order valence-corrected chi connectivity index (χ1v) is 6.25. The molecule has 1 rings (SSSR count). The van der Waals surface area contributed by atoms with Gasteiger partial charge < -0.3 is 14.5 Å². The molecule has 0 aliphatic heterocycles. The summed E-state index contributed by atoms with van der Waals surface area (Å²) in [5.74, 6) is -0.445. The summed E-state index contributed by atoms with van der Waals surface area (Å²) in [5, 5.41) is 0.922. The number of aromatic nitrogens is 1. The Bertz CT molecular complexity index is 395. The van der Waals surface area contributed by atoms with Gasteiger partial charge in [0.1, 0.15) is 0 Å². The highest BCUT2D eigenvalue weighted by Gasteiger charge is 2.19. The number of carbonyl (C=O) groups is 1. The quantitative estimate of drug-likeness (QED) is 0.765. The molecule has 0 N–H and O–H groups in total. The highest BCUT2D eigenvalue weighted by Crippen LogP contribution is 2.29. The Morgan fingerprint density at radius 1 is 1.41 bits per heavy atom. The van der Waals surface area contributed by atoms with E-state index in [0.717, 1.165) is 18.2 Å². The summed E-state index contributed by atoms with van der Waals surface area (Å²) < 4.78 is 4.63. The third-order valence-corrected chi connectivity index (χ3v) is 3.69. The number of nitrogens with zero attached hydrogens (tertiary/aromatic N) is 3. The van der Waals surface area contributed by atoms with Gasteiger partial charge in [0.15, 0.2) is 15.2 Å². The fourth-order valence-corrected chi connectivity index (χ4v) is 2.30. The van der Waals surface area contributed by atoms with Crippen LogP contribution in [-0.2, 0) is 4.74 Å². The Morgan fingerprint density at radius 2 is 2.06 bits per heavy atom. The Hall–Kier alpha value is -0.850. The molecule has 0 fully saturated rings. The summed E-state index contributed by atoms with van der Waals surface area (Å²) in [5.41, 5.74) is 0. The topological polar surface area (TPSA) is 45.7 Å². The molecule has 96 valence electrons. The number of thiazole rings is 1. The number of hydrogen-bond acceptors (Lipinski definition) is 6. The molecule has 0 saturated carbocycles. The average molecular weight is 278 g/mol. The minimum absolute atomic E-state index is 0.202. The molecule has 5 nitrogen and oxygen atoms in total. The fourth-order valence-electron chi connectivity index (χ4n) is 1.12. The number of ether oxygens (including phenoxy) is 1. The maximum atomic E-state index is 11.4. The lowest BCUT2D eigenvalue weighted by molar-refractivity contribution is 0.0606. The number of carbonyl (C=O) groups excluding carboxylic acids is 1. The predicted octanol–water partition coefficient (Wildman–Crippen LogP) is 1.58. The molecule has 7 heteroatoms. The van der Waals surface area contributed by atoms with Crippen molar-refractivity contribution in [2.75, 3.05) is 46.2 Å². The number of halogens is 1. The van der Waals surface area contributed by atoms with Gasteiger partial charge in [0.25, 0.3) is 0 Å². The molecule has 1 heterocycles. The van der Waals surface area contributed by atoms with E-state index in [1.165, 1.54) is 18.4 Å². The number of rotatable bonds is 5. The van der Waals surface area contributed by atoms with Gasteiger partial charge in [-0.15, -0.1) is 0 Å². The van der Waals surface area contributed by atoms with Crippen molar-refractivity contribution in [1.82, 2.24) is 9.88 Å². The average Bonchev–Trinajstić information content (AvgIpc) is 2.67. The lowest BCUT2D eigenvalue weighted by Gasteiger charge is -2.18. The second kappa shape index (κ2) is 6.18. The van der Waals surface area contributed by atoms with E-state index in [1.54, 1.807) is 0 Å². The molecule has 0 aromatic carbocycles. The van der Waals surface area contributed by atoms with E-state index in [1.807, 2.05) is 26.0 Å². The minimum Gasteiger partial charge on any atom is -0.465 e. The molecule has 0 spiro atoms. The van der Waals surface area contributed by atoms with E-state index in [2.05, 4.69) is 14.6 Å². The van der Waals surface area contributed by atoms with E-state index in [4.69, 9.17) is 11.6 Å². The lowest BCUT2D eigenvalue weighted by Crippen LogP contribution is -2.28. The maximum absolute atomic E-state index is 11.4. The van der Waals surface area contributed by atoms with Crippen molar-refractivity contribution < 1.29 is 9.53 Å². The summed E-state index contributed by atoms with van der Waals surface area (Å²) in [6, 6.07) is 0. The van der Waals surface area contributed by atoms with E-state index in [0.29, 0.717) is 4.88 Å². The largest absolute Gasteiger partial charge is 0.465 e. The monoisotopic (exact) mass is 277 g/mol. The van der Waals surface area contributed by atoms with E-state index in [9.17, 15) is 4.79 Å². The molecule has 0 aliphatic rings. The summed E-state index contributed by atoms with van der Waals surface area (Å²) in [4.78, 5) is 19.9.